The van der Waals surface area contributed by atoms with Gasteiger partial charge in [-0.1, -0.05) is 36.4 Å². The second kappa shape index (κ2) is 8.83. The fourth-order valence-electron chi connectivity index (χ4n) is 4.48. The SMILES string of the molecule is Cc1cc(NC(=O)C(C)OC(=O)c2c3c(nc4ccccc24)CCN(C)C3)c2ccccc2n1. The predicted octanol–water partition coefficient (Wildman–Crippen LogP) is 4.26. The molecule has 1 aliphatic rings. The average molecular weight is 455 g/mol. The van der Waals surface area contributed by atoms with Crippen LogP contribution in [0.1, 0.15) is 34.2 Å². The summed E-state index contributed by atoms with van der Waals surface area (Å²) in [6.45, 7) is 4.96. The van der Waals surface area contributed by atoms with Crippen molar-refractivity contribution in [2.24, 2.45) is 0 Å². The van der Waals surface area contributed by atoms with Gasteiger partial charge in [0.2, 0.25) is 0 Å². The number of aryl methyl sites for hydroxylation is 1. The van der Waals surface area contributed by atoms with Crippen LogP contribution in [0.15, 0.2) is 54.6 Å². The van der Waals surface area contributed by atoms with Gasteiger partial charge < -0.3 is 15.0 Å². The van der Waals surface area contributed by atoms with Gasteiger partial charge in [0.15, 0.2) is 6.10 Å². The van der Waals surface area contributed by atoms with Gasteiger partial charge in [0.1, 0.15) is 0 Å². The summed E-state index contributed by atoms with van der Waals surface area (Å²) in [5, 5.41) is 4.48. The number of pyridine rings is 2. The molecule has 1 N–H and O–H groups in total. The molecule has 7 heteroatoms. The fourth-order valence-corrected chi connectivity index (χ4v) is 4.48. The van der Waals surface area contributed by atoms with E-state index in [0.717, 1.165) is 51.7 Å². The molecule has 0 saturated carbocycles. The maximum atomic E-state index is 13.4. The molecule has 34 heavy (non-hydrogen) atoms. The molecule has 2 aromatic carbocycles. The van der Waals surface area contributed by atoms with Crippen LogP contribution in [0.5, 0.6) is 0 Å². The van der Waals surface area contributed by atoms with E-state index in [4.69, 9.17) is 9.72 Å². The first-order valence-electron chi connectivity index (χ1n) is 11.4. The van der Waals surface area contributed by atoms with Gasteiger partial charge in [-0.25, -0.2) is 4.79 Å². The van der Waals surface area contributed by atoms with E-state index < -0.39 is 18.0 Å². The normalized spacial score (nSPS) is 14.6. The van der Waals surface area contributed by atoms with Crippen LogP contribution in [0.3, 0.4) is 0 Å². The number of amides is 1. The zero-order chi connectivity index (χ0) is 23.8. The Bertz CT molecular complexity index is 1430. The number of rotatable bonds is 4. The molecule has 172 valence electrons. The van der Waals surface area contributed by atoms with Crippen molar-refractivity contribution in [3.8, 4) is 0 Å². The summed E-state index contributed by atoms with van der Waals surface area (Å²) in [6, 6.07) is 17.0. The molecule has 1 unspecified atom stereocenters. The van der Waals surface area contributed by atoms with Crippen molar-refractivity contribution in [3.05, 3.63) is 77.1 Å². The maximum Gasteiger partial charge on any atom is 0.339 e. The topological polar surface area (TPSA) is 84.4 Å². The molecule has 1 aliphatic heterocycles. The van der Waals surface area contributed by atoms with Crippen molar-refractivity contribution in [2.45, 2.75) is 32.9 Å². The molecule has 0 spiro atoms. The van der Waals surface area contributed by atoms with Crippen LogP contribution in [0.2, 0.25) is 0 Å². The number of hydrogen-bond acceptors (Lipinski definition) is 6. The van der Waals surface area contributed by atoms with E-state index in [1.54, 1.807) is 6.92 Å². The van der Waals surface area contributed by atoms with E-state index in [9.17, 15) is 9.59 Å². The third kappa shape index (κ3) is 4.10. The molecular weight excluding hydrogens is 428 g/mol. The summed E-state index contributed by atoms with van der Waals surface area (Å²) >= 11 is 0. The lowest BCUT2D eigenvalue weighted by molar-refractivity contribution is -0.123. The molecule has 0 radical (unpaired) electrons. The first-order chi connectivity index (χ1) is 16.4. The summed E-state index contributed by atoms with van der Waals surface area (Å²) in [6.07, 6.45) is -0.217. The quantitative estimate of drug-likeness (QED) is 0.464. The molecule has 0 fully saturated rings. The number of hydrogen-bond donors (Lipinski definition) is 1. The predicted molar refractivity (Wildman–Crippen MR) is 132 cm³/mol. The monoisotopic (exact) mass is 454 g/mol. The Labute approximate surface area is 197 Å². The van der Waals surface area contributed by atoms with Gasteiger partial charge in [-0.05, 0) is 39.1 Å². The van der Waals surface area contributed by atoms with Crippen molar-refractivity contribution in [1.29, 1.82) is 0 Å². The summed E-state index contributed by atoms with van der Waals surface area (Å²) in [4.78, 5) is 37.9. The number of carbonyl (C=O) groups excluding carboxylic acids is 2. The third-order valence-corrected chi connectivity index (χ3v) is 6.20. The van der Waals surface area contributed by atoms with E-state index in [0.29, 0.717) is 17.8 Å². The molecule has 0 saturated heterocycles. The molecule has 3 heterocycles. The van der Waals surface area contributed by atoms with Gasteiger partial charge in [0, 0.05) is 47.2 Å². The Hall–Kier alpha value is -3.84. The number of likely N-dealkylation sites (N-methyl/N-ethyl adjacent to an activating group) is 1. The highest BCUT2D eigenvalue weighted by atomic mass is 16.5. The minimum absolute atomic E-state index is 0.395. The lowest BCUT2D eigenvalue weighted by Gasteiger charge is -2.27. The van der Waals surface area contributed by atoms with Crippen LogP contribution < -0.4 is 5.32 Å². The number of nitrogens with one attached hydrogen (secondary N) is 1. The molecule has 2 aromatic heterocycles. The lowest BCUT2D eigenvalue weighted by Crippen LogP contribution is -2.32. The van der Waals surface area contributed by atoms with E-state index in [1.807, 2.05) is 68.6 Å². The second-order valence-corrected chi connectivity index (χ2v) is 8.78. The lowest BCUT2D eigenvalue weighted by atomic mass is 9.96. The third-order valence-electron chi connectivity index (χ3n) is 6.20. The largest absolute Gasteiger partial charge is 0.449 e. The number of carbonyl (C=O) groups is 2. The second-order valence-electron chi connectivity index (χ2n) is 8.78. The Kier molecular flexibility index (Phi) is 5.71. The minimum Gasteiger partial charge on any atom is -0.449 e. The van der Waals surface area contributed by atoms with Crippen molar-refractivity contribution in [2.75, 3.05) is 18.9 Å². The molecule has 0 aliphatic carbocycles. The van der Waals surface area contributed by atoms with Crippen LogP contribution in [0.25, 0.3) is 21.8 Å². The van der Waals surface area contributed by atoms with Gasteiger partial charge >= 0.3 is 5.97 Å². The molecule has 0 bridgehead atoms. The van der Waals surface area contributed by atoms with E-state index >= 15 is 0 Å². The minimum atomic E-state index is -0.983. The zero-order valence-electron chi connectivity index (χ0n) is 19.5. The summed E-state index contributed by atoms with van der Waals surface area (Å²) in [5.74, 6) is -0.906. The molecule has 5 rings (SSSR count). The summed E-state index contributed by atoms with van der Waals surface area (Å²) < 4.78 is 5.71. The van der Waals surface area contributed by atoms with Crippen LogP contribution in [-0.4, -0.2) is 46.4 Å². The smallest absolute Gasteiger partial charge is 0.339 e. The average Bonchev–Trinajstić information content (AvgIpc) is 2.82. The van der Waals surface area contributed by atoms with E-state index in [2.05, 4.69) is 15.2 Å². The summed E-state index contributed by atoms with van der Waals surface area (Å²) in [5.41, 5.74) is 5.27. The highest BCUT2D eigenvalue weighted by Crippen LogP contribution is 2.29. The number of para-hydroxylation sites is 2. The number of nitrogens with zero attached hydrogens (tertiary/aromatic N) is 3. The first kappa shape index (κ1) is 22.0. The highest BCUT2D eigenvalue weighted by molar-refractivity contribution is 6.07. The number of anilines is 1. The maximum absolute atomic E-state index is 13.4. The summed E-state index contributed by atoms with van der Waals surface area (Å²) in [7, 11) is 2.02. The zero-order valence-corrected chi connectivity index (χ0v) is 19.5. The molecule has 1 amide bonds. The van der Waals surface area contributed by atoms with Crippen molar-refractivity contribution < 1.29 is 14.3 Å². The van der Waals surface area contributed by atoms with Gasteiger partial charge in [-0.3, -0.25) is 14.8 Å². The van der Waals surface area contributed by atoms with Gasteiger partial charge in [0.05, 0.1) is 22.3 Å². The van der Waals surface area contributed by atoms with Crippen molar-refractivity contribution in [1.82, 2.24) is 14.9 Å². The van der Waals surface area contributed by atoms with Crippen molar-refractivity contribution >= 4 is 39.4 Å². The number of aromatic nitrogens is 2. The number of ether oxygens (including phenoxy) is 1. The van der Waals surface area contributed by atoms with Crippen LogP contribution in [0.4, 0.5) is 5.69 Å². The Morgan fingerprint density at radius 3 is 2.47 bits per heavy atom. The molecular formula is C27H26N4O3. The van der Waals surface area contributed by atoms with Gasteiger partial charge in [-0.15, -0.1) is 0 Å². The van der Waals surface area contributed by atoms with Gasteiger partial charge in [0.25, 0.3) is 5.91 Å². The standard InChI is InChI=1S/C27H26N4O3/c1-16-14-24(18-8-4-6-10-21(18)28-16)30-26(32)17(2)34-27(33)25-19-9-5-7-11-22(19)29-23-12-13-31(3)15-20(23)25/h4-11,14,17H,12-13,15H2,1-3H3,(H,28,30,32). The fraction of sp³-hybridized carbons (Fsp3) is 0.259. The first-order valence-corrected chi connectivity index (χ1v) is 11.4. The highest BCUT2D eigenvalue weighted by Gasteiger charge is 2.28. The Morgan fingerprint density at radius 2 is 1.71 bits per heavy atom. The van der Waals surface area contributed by atoms with Crippen molar-refractivity contribution in [3.63, 3.8) is 0 Å². The number of esters is 1. The molecule has 1 atom stereocenters. The molecule has 7 nitrogen and oxygen atoms in total. The molecule has 4 aromatic rings. The van der Waals surface area contributed by atoms with Crippen LogP contribution >= 0.6 is 0 Å². The van der Waals surface area contributed by atoms with Crippen LogP contribution in [0, 0.1) is 6.92 Å². The number of fused-ring (bicyclic) bond motifs is 3. The van der Waals surface area contributed by atoms with E-state index in [-0.39, 0.29) is 0 Å². The van der Waals surface area contributed by atoms with Gasteiger partial charge in [-0.2, -0.15) is 0 Å². The Morgan fingerprint density at radius 1 is 1.03 bits per heavy atom. The Balaban J connectivity index is 1.43. The number of benzene rings is 2. The van der Waals surface area contributed by atoms with Crippen LogP contribution in [-0.2, 0) is 22.5 Å². The van der Waals surface area contributed by atoms with E-state index in [1.165, 1.54) is 0 Å².